The van der Waals surface area contributed by atoms with Crippen molar-refractivity contribution in [1.82, 2.24) is 9.88 Å². The van der Waals surface area contributed by atoms with Gasteiger partial charge in [-0.05, 0) is 24.6 Å². The van der Waals surface area contributed by atoms with Gasteiger partial charge in [0.05, 0.1) is 16.1 Å². The third-order valence-electron chi connectivity index (χ3n) is 3.36. The van der Waals surface area contributed by atoms with Gasteiger partial charge < -0.3 is 10.2 Å². The number of aryl methyl sites for hydroxylation is 1. The Labute approximate surface area is 130 Å². The number of amides is 2. The standard InChI is InChI=1S/C14H15N3O2S2/c1-8-3-4-10-12(5-8)21-14(15-10)16-13(19)11-6-20-7-17(11)9(2)18/h3-5,11H,6-7H2,1-2H3,(H,15,16,19). The van der Waals surface area contributed by atoms with Gasteiger partial charge in [0.25, 0.3) is 0 Å². The lowest BCUT2D eigenvalue weighted by Crippen LogP contribution is -2.43. The molecule has 7 heteroatoms. The predicted molar refractivity (Wildman–Crippen MR) is 86.6 cm³/mol. The van der Waals surface area contributed by atoms with Gasteiger partial charge in [-0.15, -0.1) is 11.8 Å². The molecule has 1 aliphatic heterocycles. The van der Waals surface area contributed by atoms with Crippen molar-refractivity contribution in [3.05, 3.63) is 23.8 Å². The highest BCUT2D eigenvalue weighted by Gasteiger charge is 2.33. The molecule has 0 radical (unpaired) electrons. The van der Waals surface area contributed by atoms with Gasteiger partial charge in [0.1, 0.15) is 6.04 Å². The summed E-state index contributed by atoms with van der Waals surface area (Å²) >= 11 is 3.05. The number of thiazole rings is 1. The Morgan fingerprint density at radius 2 is 2.24 bits per heavy atom. The highest BCUT2D eigenvalue weighted by Crippen LogP contribution is 2.28. The number of nitrogens with zero attached hydrogens (tertiary/aromatic N) is 2. The molecular formula is C14H15N3O2S2. The number of hydrogen-bond acceptors (Lipinski definition) is 5. The second-order valence-electron chi connectivity index (χ2n) is 4.98. The van der Waals surface area contributed by atoms with Crippen LogP contribution in [-0.2, 0) is 9.59 Å². The van der Waals surface area contributed by atoms with Crippen LogP contribution in [0.5, 0.6) is 0 Å². The van der Waals surface area contributed by atoms with Crippen LogP contribution in [0.15, 0.2) is 18.2 Å². The Kier molecular flexibility index (Phi) is 3.86. The normalized spacial score (nSPS) is 18.2. The van der Waals surface area contributed by atoms with E-state index in [0.717, 1.165) is 10.2 Å². The Morgan fingerprint density at radius 3 is 3.00 bits per heavy atom. The third-order valence-corrected chi connectivity index (χ3v) is 5.31. The molecule has 0 saturated carbocycles. The molecule has 1 saturated heterocycles. The maximum Gasteiger partial charge on any atom is 0.249 e. The lowest BCUT2D eigenvalue weighted by molar-refractivity contribution is -0.134. The van der Waals surface area contributed by atoms with E-state index < -0.39 is 6.04 Å². The second kappa shape index (κ2) is 5.65. The van der Waals surface area contributed by atoms with Crippen molar-refractivity contribution in [3.8, 4) is 0 Å². The van der Waals surface area contributed by atoms with E-state index in [1.807, 2.05) is 19.1 Å². The van der Waals surface area contributed by atoms with Crippen LogP contribution in [0.25, 0.3) is 10.2 Å². The number of carbonyl (C=O) groups excluding carboxylic acids is 2. The first-order valence-electron chi connectivity index (χ1n) is 6.57. The van der Waals surface area contributed by atoms with Crippen LogP contribution in [0.1, 0.15) is 12.5 Å². The van der Waals surface area contributed by atoms with Gasteiger partial charge in [0.2, 0.25) is 11.8 Å². The molecule has 2 amide bonds. The van der Waals surface area contributed by atoms with Crippen LogP contribution in [0.2, 0.25) is 0 Å². The van der Waals surface area contributed by atoms with Gasteiger partial charge in [-0.1, -0.05) is 17.4 Å². The molecule has 0 aliphatic carbocycles. The largest absolute Gasteiger partial charge is 0.321 e. The molecular weight excluding hydrogens is 306 g/mol. The van der Waals surface area contributed by atoms with Gasteiger partial charge in [-0.25, -0.2) is 4.98 Å². The monoisotopic (exact) mass is 321 g/mol. The highest BCUT2D eigenvalue weighted by atomic mass is 32.2. The maximum atomic E-state index is 12.3. The number of rotatable bonds is 2. The van der Waals surface area contributed by atoms with E-state index in [-0.39, 0.29) is 11.8 Å². The molecule has 0 spiro atoms. The summed E-state index contributed by atoms with van der Waals surface area (Å²) in [5.41, 5.74) is 2.05. The third kappa shape index (κ3) is 2.89. The van der Waals surface area contributed by atoms with Crippen LogP contribution in [0.3, 0.4) is 0 Å². The number of hydrogen-bond donors (Lipinski definition) is 1. The number of benzene rings is 1. The van der Waals surface area contributed by atoms with Gasteiger partial charge in [-0.2, -0.15) is 0 Å². The second-order valence-corrected chi connectivity index (χ2v) is 7.01. The fraction of sp³-hybridized carbons (Fsp3) is 0.357. The first kappa shape index (κ1) is 14.3. The molecule has 1 unspecified atom stereocenters. The average Bonchev–Trinajstić information content (AvgIpc) is 3.03. The molecule has 1 N–H and O–H groups in total. The van der Waals surface area contributed by atoms with Crippen molar-refractivity contribution < 1.29 is 9.59 Å². The zero-order valence-corrected chi connectivity index (χ0v) is 13.4. The summed E-state index contributed by atoms with van der Waals surface area (Å²) in [6, 6.07) is 5.60. The Balaban J connectivity index is 1.78. The van der Waals surface area contributed by atoms with Crippen molar-refractivity contribution >= 4 is 50.3 Å². The molecule has 110 valence electrons. The molecule has 1 atom stereocenters. The number of anilines is 1. The minimum Gasteiger partial charge on any atom is -0.321 e. The predicted octanol–water partition coefficient (Wildman–Crippen LogP) is 2.46. The smallest absolute Gasteiger partial charge is 0.249 e. The molecule has 1 aliphatic rings. The molecule has 5 nitrogen and oxygen atoms in total. The van der Waals surface area contributed by atoms with Crippen LogP contribution in [-0.4, -0.2) is 39.4 Å². The van der Waals surface area contributed by atoms with E-state index in [2.05, 4.69) is 16.4 Å². The van der Waals surface area contributed by atoms with E-state index in [1.165, 1.54) is 23.8 Å². The van der Waals surface area contributed by atoms with Crippen molar-refractivity contribution in [3.63, 3.8) is 0 Å². The summed E-state index contributed by atoms with van der Waals surface area (Å²) in [5.74, 6) is 0.980. The summed E-state index contributed by atoms with van der Waals surface area (Å²) in [7, 11) is 0. The Morgan fingerprint density at radius 1 is 1.43 bits per heavy atom. The summed E-state index contributed by atoms with van der Waals surface area (Å²) < 4.78 is 1.05. The topological polar surface area (TPSA) is 62.3 Å². The van der Waals surface area contributed by atoms with Crippen LogP contribution >= 0.6 is 23.1 Å². The Hall–Kier alpha value is -1.60. The number of carbonyl (C=O) groups is 2. The maximum absolute atomic E-state index is 12.3. The van der Waals surface area contributed by atoms with Gasteiger partial charge in [0.15, 0.2) is 5.13 Å². The minimum atomic E-state index is -0.402. The van der Waals surface area contributed by atoms with Crippen LogP contribution in [0, 0.1) is 6.92 Å². The van der Waals surface area contributed by atoms with Gasteiger partial charge in [0, 0.05) is 12.7 Å². The first-order chi connectivity index (χ1) is 10.0. The van der Waals surface area contributed by atoms with E-state index in [0.29, 0.717) is 16.8 Å². The number of aromatic nitrogens is 1. The summed E-state index contributed by atoms with van der Waals surface area (Å²) in [6.45, 7) is 3.52. The van der Waals surface area contributed by atoms with Gasteiger partial charge >= 0.3 is 0 Å². The molecule has 3 rings (SSSR count). The molecule has 1 fully saturated rings. The quantitative estimate of drug-likeness (QED) is 0.923. The molecule has 2 heterocycles. The highest BCUT2D eigenvalue weighted by molar-refractivity contribution is 7.99. The summed E-state index contributed by atoms with van der Waals surface area (Å²) in [5, 5.41) is 3.42. The number of thioether (sulfide) groups is 1. The summed E-state index contributed by atoms with van der Waals surface area (Å²) in [4.78, 5) is 29.8. The summed E-state index contributed by atoms with van der Waals surface area (Å²) in [6.07, 6.45) is 0. The SMILES string of the molecule is CC(=O)N1CSCC1C(=O)Nc1nc2ccc(C)cc2s1. The van der Waals surface area contributed by atoms with E-state index in [9.17, 15) is 9.59 Å². The zero-order chi connectivity index (χ0) is 15.0. The average molecular weight is 321 g/mol. The number of fused-ring (bicyclic) bond motifs is 1. The van der Waals surface area contributed by atoms with Crippen molar-refractivity contribution in [2.45, 2.75) is 19.9 Å². The molecule has 1 aromatic heterocycles. The number of nitrogens with one attached hydrogen (secondary N) is 1. The van der Waals surface area contributed by atoms with E-state index in [4.69, 9.17) is 0 Å². The molecule has 21 heavy (non-hydrogen) atoms. The fourth-order valence-electron chi connectivity index (χ4n) is 2.24. The van der Waals surface area contributed by atoms with E-state index >= 15 is 0 Å². The lowest BCUT2D eigenvalue weighted by Gasteiger charge is -2.20. The minimum absolute atomic E-state index is 0.0694. The van der Waals surface area contributed by atoms with Crippen molar-refractivity contribution in [2.75, 3.05) is 16.9 Å². The van der Waals surface area contributed by atoms with Crippen molar-refractivity contribution in [2.24, 2.45) is 0 Å². The molecule has 2 aromatic rings. The first-order valence-corrected chi connectivity index (χ1v) is 8.55. The fourth-order valence-corrected chi connectivity index (χ4v) is 4.43. The van der Waals surface area contributed by atoms with Gasteiger partial charge in [-0.3, -0.25) is 9.59 Å². The Bertz CT molecular complexity index is 713. The van der Waals surface area contributed by atoms with Crippen LogP contribution in [0.4, 0.5) is 5.13 Å². The molecule has 0 bridgehead atoms. The van der Waals surface area contributed by atoms with E-state index in [1.54, 1.807) is 16.7 Å². The van der Waals surface area contributed by atoms with Crippen molar-refractivity contribution in [1.29, 1.82) is 0 Å². The zero-order valence-electron chi connectivity index (χ0n) is 11.8. The molecule has 1 aromatic carbocycles. The van der Waals surface area contributed by atoms with Crippen LogP contribution < -0.4 is 5.32 Å². The lowest BCUT2D eigenvalue weighted by atomic mass is 10.2.